The van der Waals surface area contributed by atoms with Gasteiger partial charge in [-0.15, -0.1) is 25.7 Å². The van der Waals surface area contributed by atoms with Crippen LogP contribution in [0.4, 0.5) is 0 Å². The Morgan fingerprint density at radius 3 is 1.12 bits per heavy atom. The summed E-state index contributed by atoms with van der Waals surface area (Å²) in [6, 6.07) is 0. The minimum atomic E-state index is 0. The van der Waals surface area contributed by atoms with Crippen molar-refractivity contribution in [2.24, 2.45) is 0 Å². The smallest absolute Gasteiger partial charge is 0.273 e. The molecule has 0 saturated heterocycles. The van der Waals surface area contributed by atoms with Crippen LogP contribution < -0.4 is 0 Å². The van der Waals surface area contributed by atoms with E-state index in [1.165, 1.54) is 11.1 Å². The standard InChI is InChI=1S/2C6H7.2C5H5.2Mg/c2*1-6-4-2-3-5-6;2*1-2-4-5-3-1;;/h2*2,4H,3H2,1H3;2*1-3H,4H2;;/q4*-1;2*+2. The Morgan fingerprint density at radius 2 is 1.04 bits per heavy atom. The number of hydrogen-bond donors (Lipinski definition) is 0. The molecule has 0 fully saturated rings. The first-order chi connectivity index (χ1) is 10.8. The molecule has 0 nitrogen and oxygen atoms in total. The zero-order valence-corrected chi connectivity index (χ0v) is 17.8. The van der Waals surface area contributed by atoms with Gasteiger partial charge >= 0.3 is 46.1 Å². The predicted molar refractivity (Wildman–Crippen MR) is 107 cm³/mol. The molecule has 0 spiro atoms. The van der Waals surface area contributed by atoms with Gasteiger partial charge in [-0.25, -0.2) is 47.6 Å². The molecule has 0 saturated carbocycles. The monoisotopic (exact) mass is 336 g/mol. The maximum Gasteiger partial charge on any atom is 2.00 e. The van der Waals surface area contributed by atoms with Crippen molar-refractivity contribution in [1.29, 1.82) is 0 Å². The SMILES string of the molecule is CC1=[C-]CC=C1.CC1=[C-]CC=C1.[C-]1=CC=CC1.[C-]1=CC=CC1.[Mg+2].[Mg+2]. The summed E-state index contributed by atoms with van der Waals surface area (Å²) in [5.74, 6) is 0. The Morgan fingerprint density at radius 1 is 0.625 bits per heavy atom. The summed E-state index contributed by atoms with van der Waals surface area (Å²) in [5.41, 5.74) is 2.55. The van der Waals surface area contributed by atoms with Crippen molar-refractivity contribution in [1.82, 2.24) is 0 Å². The molecule has 0 bridgehead atoms. The van der Waals surface area contributed by atoms with Crippen molar-refractivity contribution in [2.75, 3.05) is 0 Å². The van der Waals surface area contributed by atoms with E-state index < -0.39 is 0 Å². The largest absolute Gasteiger partial charge is 2.00 e. The molecule has 0 aliphatic heterocycles. The van der Waals surface area contributed by atoms with E-state index in [1.807, 2.05) is 24.3 Å². The molecule has 0 N–H and O–H groups in total. The molecule has 0 heterocycles. The Kier molecular flexibility index (Phi) is 20.1. The summed E-state index contributed by atoms with van der Waals surface area (Å²) < 4.78 is 0. The molecule has 0 aromatic carbocycles. The molecule has 4 rings (SSSR count). The van der Waals surface area contributed by atoms with Crippen LogP contribution in [0.5, 0.6) is 0 Å². The summed E-state index contributed by atoms with van der Waals surface area (Å²) in [6.45, 7) is 4.12. The van der Waals surface area contributed by atoms with Gasteiger partial charge in [0.25, 0.3) is 0 Å². The van der Waals surface area contributed by atoms with Crippen LogP contribution in [0.1, 0.15) is 39.5 Å². The Bertz CT molecular complexity index is 463. The van der Waals surface area contributed by atoms with Gasteiger partial charge in [-0.2, -0.15) is 24.3 Å². The minimum Gasteiger partial charge on any atom is -0.273 e. The molecule has 0 aromatic heterocycles. The molecule has 2 heteroatoms. The molecular formula is C22H24Mg2. The van der Waals surface area contributed by atoms with Crippen LogP contribution in [0, 0.1) is 24.3 Å². The molecule has 0 atom stereocenters. The van der Waals surface area contributed by atoms with Crippen LogP contribution in [-0.2, 0) is 0 Å². The van der Waals surface area contributed by atoms with Crippen LogP contribution in [-0.4, -0.2) is 46.1 Å². The van der Waals surface area contributed by atoms with Crippen molar-refractivity contribution >= 4 is 46.1 Å². The van der Waals surface area contributed by atoms with Gasteiger partial charge in [0.2, 0.25) is 0 Å². The first kappa shape index (κ1) is 25.7. The van der Waals surface area contributed by atoms with Crippen molar-refractivity contribution in [2.45, 2.75) is 39.5 Å². The average Bonchev–Trinajstić information content (AvgIpc) is 3.32. The third-order valence-corrected chi connectivity index (χ3v) is 2.90. The molecule has 4 aliphatic carbocycles. The second-order valence-corrected chi connectivity index (χ2v) is 4.94. The van der Waals surface area contributed by atoms with Gasteiger partial charge < -0.3 is 0 Å². The zero-order chi connectivity index (χ0) is 15.9. The van der Waals surface area contributed by atoms with E-state index in [2.05, 4.69) is 74.6 Å². The molecule has 4 aliphatic rings. The van der Waals surface area contributed by atoms with E-state index in [-0.39, 0.29) is 46.1 Å². The summed E-state index contributed by atoms with van der Waals surface area (Å²) in [4.78, 5) is 0. The van der Waals surface area contributed by atoms with Crippen LogP contribution in [0.15, 0.2) is 71.9 Å². The van der Waals surface area contributed by atoms with E-state index in [0.29, 0.717) is 0 Å². The first-order valence-corrected chi connectivity index (χ1v) is 7.70. The first-order valence-electron chi connectivity index (χ1n) is 7.70. The van der Waals surface area contributed by atoms with E-state index in [9.17, 15) is 0 Å². The summed E-state index contributed by atoms with van der Waals surface area (Å²) in [6.07, 6.45) is 36.7. The van der Waals surface area contributed by atoms with E-state index in [4.69, 9.17) is 0 Å². The minimum absolute atomic E-state index is 0. The molecule has 116 valence electrons. The number of hydrogen-bond acceptors (Lipinski definition) is 0. The molecular weight excluding hydrogens is 313 g/mol. The van der Waals surface area contributed by atoms with Crippen LogP contribution in [0.3, 0.4) is 0 Å². The topological polar surface area (TPSA) is 0 Å². The van der Waals surface area contributed by atoms with Crippen molar-refractivity contribution in [3.05, 3.63) is 96.2 Å². The van der Waals surface area contributed by atoms with Crippen LogP contribution in [0.2, 0.25) is 0 Å². The third kappa shape index (κ3) is 16.3. The van der Waals surface area contributed by atoms with Crippen molar-refractivity contribution in [3.63, 3.8) is 0 Å². The normalized spacial score (nSPS) is 16.6. The Balaban J connectivity index is 0. The van der Waals surface area contributed by atoms with Crippen LogP contribution in [0.25, 0.3) is 0 Å². The second kappa shape index (κ2) is 18.8. The fourth-order valence-corrected chi connectivity index (χ4v) is 1.71. The molecule has 0 unspecified atom stereocenters. The number of rotatable bonds is 0. The van der Waals surface area contributed by atoms with Gasteiger partial charge in [0.1, 0.15) is 0 Å². The second-order valence-electron chi connectivity index (χ2n) is 4.94. The van der Waals surface area contributed by atoms with Gasteiger partial charge in [-0.3, -0.25) is 24.3 Å². The van der Waals surface area contributed by atoms with E-state index in [0.717, 1.165) is 25.7 Å². The van der Waals surface area contributed by atoms with E-state index in [1.54, 1.807) is 0 Å². The summed E-state index contributed by atoms with van der Waals surface area (Å²) >= 11 is 0. The fraction of sp³-hybridized carbons (Fsp3) is 0.273. The average molecular weight is 337 g/mol. The third-order valence-electron chi connectivity index (χ3n) is 2.90. The van der Waals surface area contributed by atoms with Gasteiger partial charge in [0, 0.05) is 0 Å². The summed E-state index contributed by atoms with van der Waals surface area (Å²) in [7, 11) is 0. The van der Waals surface area contributed by atoms with Gasteiger partial charge in [-0.05, 0) is 0 Å². The Hall–Kier alpha value is -0.548. The Labute approximate surface area is 180 Å². The predicted octanol–water partition coefficient (Wildman–Crippen LogP) is 5.24. The van der Waals surface area contributed by atoms with Crippen molar-refractivity contribution < 1.29 is 0 Å². The van der Waals surface area contributed by atoms with Gasteiger partial charge in [0.15, 0.2) is 0 Å². The van der Waals surface area contributed by atoms with Crippen molar-refractivity contribution in [3.8, 4) is 0 Å². The molecule has 0 aromatic rings. The quantitative estimate of drug-likeness (QED) is 0.419. The molecule has 0 radical (unpaired) electrons. The van der Waals surface area contributed by atoms with Gasteiger partial charge in [-0.1, -0.05) is 13.8 Å². The maximum absolute atomic E-state index is 3.12. The summed E-state index contributed by atoms with van der Waals surface area (Å²) in [5, 5.41) is 0. The van der Waals surface area contributed by atoms with Crippen LogP contribution >= 0.6 is 0 Å². The maximum atomic E-state index is 3.12. The number of allylic oxidation sites excluding steroid dienone is 16. The fourth-order valence-electron chi connectivity index (χ4n) is 1.71. The molecule has 0 amide bonds. The molecule has 24 heavy (non-hydrogen) atoms. The zero-order valence-electron chi connectivity index (χ0n) is 15.0. The van der Waals surface area contributed by atoms with E-state index >= 15 is 0 Å². The van der Waals surface area contributed by atoms with Gasteiger partial charge in [0.05, 0.1) is 0 Å².